The van der Waals surface area contributed by atoms with E-state index in [4.69, 9.17) is 19.2 Å². The summed E-state index contributed by atoms with van der Waals surface area (Å²) >= 11 is 0. The van der Waals surface area contributed by atoms with Gasteiger partial charge in [0.1, 0.15) is 11.6 Å². The number of methoxy groups -OCH3 is 3. The Morgan fingerprint density at radius 3 is 2.24 bits per heavy atom. The Labute approximate surface area is 273 Å². The van der Waals surface area contributed by atoms with Gasteiger partial charge in [0.25, 0.3) is 5.56 Å². The van der Waals surface area contributed by atoms with Gasteiger partial charge in [0, 0.05) is 13.0 Å². The lowest BCUT2D eigenvalue weighted by Gasteiger charge is -2.31. The number of rotatable bonds is 17. The Morgan fingerprint density at radius 2 is 1.52 bits per heavy atom. The molecule has 8 heteroatoms. The van der Waals surface area contributed by atoms with E-state index in [1.165, 1.54) is 25.7 Å². The summed E-state index contributed by atoms with van der Waals surface area (Å²) in [6, 6.07) is 18.4. The highest BCUT2D eigenvalue weighted by molar-refractivity contribution is 5.79. The van der Waals surface area contributed by atoms with E-state index in [1.54, 1.807) is 32.0 Å². The smallest absolute Gasteiger partial charge is 0.266 e. The molecule has 4 rings (SSSR count). The molecular formula is C38H49N3O5. The maximum absolute atomic E-state index is 14.2. The van der Waals surface area contributed by atoms with Crippen LogP contribution in [0.5, 0.6) is 17.2 Å². The van der Waals surface area contributed by atoms with Crippen molar-refractivity contribution < 1.29 is 19.0 Å². The summed E-state index contributed by atoms with van der Waals surface area (Å²) in [7, 11) is 4.83. The molecule has 0 saturated heterocycles. The van der Waals surface area contributed by atoms with Gasteiger partial charge in [-0.1, -0.05) is 69.7 Å². The van der Waals surface area contributed by atoms with E-state index in [0.717, 1.165) is 30.4 Å². The number of hydrogen-bond donors (Lipinski definition) is 0. The number of ether oxygens (including phenoxy) is 3. The molecule has 8 nitrogen and oxygen atoms in total. The van der Waals surface area contributed by atoms with Crippen LogP contribution in [-0.2, 0) is 11.2 Å². The molecular weight excluding hydrogens is 578 g/mol. The van der Waals surface area contributed by atoms with Gasteiger partial charge in [0.05, 0.1) is 44.0 Å². The quantitative estimate of drug-likeness (QED) is 0.110. The van der Waals surface area contributed by atoms with Gasteiger partial charge in [-0.15, -0.1) is 0 Å². The summed E-state index contributed by atoms with van der Waals surface area (Å²) < 4.78 is 18.3. The second kappa shape index (κ2) is 16.8. The molecule has 1 atom stereocenters. The number of carbonyl (C=O) groups excluding carboxylic acids is 1. The number of unbranched alkanes of at least 4 members (excludes halogenated alkanes) is 6. The molecule has 1 unspecified atom stereocenters. The fourth-order valence-electron chi connectivity index (χ4n) is 5.97. The number of aromatic nitrogens is 2. The molecule has 4 aromatic rings. The Kier molecular flexibility index (Phi) is 12.6. The Balaban J connectivity index is 1.73. The minimum atomic E-state index is -0.500. The number of hydrogen-bond acceptors (Lipinski definition) is 6. The highest BCUT2D eigenvalue weighted by Crippen LogP contribution is 2.31. The zero-order valence-corrected chi connectivity index (χ0v) is 28.3. The van der Waals surface area contributed by atoms with Crippen LogP contribution in [0.4, 0.5) is 0 Å². The van der Waals surface area contributed by atoms with E-state index in [2.05, 4.69) is 6.92 Å². The van der Waals surface area contributed by atoms with E-state index < -0.39 is 6.04 Å². The van der Waals surface area contributed by atoms with Gasteiger partial charge in [-0.3, -0.25) is 14.2 Å². The lowest BCUT2D eigenvalue weighted by atomic mass is 10.1. The van der Waals surface area contributed by atoms with E-state index in [1.807, 2.05) is 73.3 Å². The molecule has 0 bridgehead atoms. The van der Waals surface area contributed by atoms with Crippen LogP contribution in [0.3, 0.4) is 0 Å². The number of nitrogens with zero attached hydrogens (tertiary/aromatic N) is 3. The highest BCUT2D eigenvalue weighted by atomic mass is 16.5. The van der Waals surface area contributed by atoms with E-state index in [-0.39, 0.29) is 11.5 Å². The van der Waals surface area contributed by atoms with Gasteiger partial charge in [-0.05, 0) is 74.2 Å². The molecule has 0 spiro atoms. The fraction of sp³-hybridized carbons (Fsp3) is 0.447. The van der Waals surface area contributed by atoms with Crippen molar-refractivity contribution >= 4 is 16.8 Å². The number of aryl methyl sites for hydroxylation is 1. The van der Waals surface area contributed by atoms with Crippen molar-refractivity contribution in [2.24, 2.45) is 0 Å². The zero-order valence-electron chi connectivity index (χ0n) is 28.3. The fourth-order valence-corrected chi connectivity index (χ4v) is 5.97. The molecule has 0 aliphatic carbocycles. The summed E-state index contributed by atoms with van der Waals surface area (Å²) in [6.07, 6.45) is 8.93. The predicted octanol–water partition coefficient (Wildman–Crippen LogP) is 7.99. The lowest BCUT2D eigenvalue weighted by molar-refractivity contribution is -0.133. The van der Waals surface area contributed by atoms with Crippen molar-refractivity contribution in [2.45, 2.75) is 84.6 Å². The van der Waals surface area contributed by atoms with E-state index >= 15 is 0 Å². The maximum atomic E-state index is 14.2. The van der Waals surface area contributed by atoms with Gasteiger partial charge in [-0.25, -0.2) is 4.98 Å². The minimum Gasteiger partial charge on any atom is -0.495 e. The van der Waals surface area contributed by atoms with Crippen molar-refractivity contribution in [3.8, 4) is 22.9 Å². The number of carbonyl (C=O) groups is 1. The molecule has 0 saturated carbocycles. The first-order valence-electron chi connectivity index (χ1n) is 16.5. The molecule has 1 amide bonds. The summed E-state index contributed by atoms with van der Waals surface area (Å²) in [5, 5.41) is 0.508. The third-order valence-corrected chi connectivity index (χ3v) is 8.62. The van der Waals surface area contributed by atoms with Crippen LogP contribution in [0.2, 0.25) is 0 Å². The van der Waals surface area contributed by atoms with Crippen molar-refractivity contribution in [2.75, 3.05) is 27.9 Å². The SMILES string of the molecule is CCCCCCCCCC(=O)N(CCc1ccc(OC)c(OC)c1)C(C)c1nc2ccccc2c(=O)n1-c1cc(C)ccc1OC. The molecule has 0 aliphatic rings. The number of amides is 1. The summed E-state index contributed by atoms with van der Waals surface area (Å²) in [5.74, 6) is 2.40. The summed E-state index contributed by atoms with van der Waals surface area (Å²) in [6.45, 7) is 6.61. The minimum absolute atomic E-state index is 0.0479. The second-order valence-corrected chi connectivity index (χ2v) is 11.9. The van der Waals surface area contributed by atoms with Crippen molar-refractivity contribution in [1.29, 1.82) is 0 Å². The van der Waals surface area contributed by atoms with Crippen LogP contribution in [0, 0.1) is 6.92 Å². The zero-order chi connectivity index (χ0) is 33.1. The molecule has 0 aliphatic heterocycles. The molecule has 3 aromatic carbocycles. The normalized spacial score (nSPS) is 11.8. The van der Waals surface area contributed by atoms with Gasteiger partial charge in [0.15, 0.2) is 11.5 Å². The first kappa shape index (κ1) is 34.5. The average Bonchev–Trinajstić information content (AvgIpc) is 3.07. The van der Waals surface area contributed by atoms with Crippen LogP contribution in [0.25, 0.3) is 16.6 Å². The molecule has 246 valence electrons. The van der Waals surface area contributed by atoms with Gasteiger partial charge in [0.2, 0.25) is 5.91 Å². The molecule has 0 radical (unpaired) electrons. The molecule has 46 heavy (non-hydrogen) atoms. The number of para-hydroxylation sites is 1. The van der Waals surface area contributed by atoms with E-state index in [9.17, 15) is 9.59 Å². The van der Waals surface area contributed by atoms with Gasteiger partial charge in [-0.2, -0.15) is 0 Å². The Morgan fingerprint density at radius 1 is 0.848 bits per heavy atom. The molecule has 0 N–H and O–H groups in total. The predicted molar refractivity (Wildman–Crippen MR) is 185 cm³/mol. The molecule has 1 heterocycles. The topological polar surface area (TPSA) is 82.9 Å². The Hall–Kier alpha value is -4.33. The first-order chi connectivity index (χ1) is 22.3. The standard InChI is InChI=1S/C38H49N3O5/c1-7-8-9-10-11-12-13-18-36(42)40(24-23-29-20-22-34(45-5)35(26-29)46-6)28(3)37-39-31-17-15-14-16-30(31)38(43)41(37)32-25-27(2)19-21-33(32)44-4/h14-17,19-22,25-26,28H,7-13,18,23-24H2,1-6H3. The maximum Gasteiger partial charge on any atom is 0.266 e. The van der Waals surface area contributed by atoms with Gasteiger partial charge < -0.3 is 19.1 Å². The van der Waals surface area contributed by atoms with Crippen LogP contribution in [-0.4, -0.2) is 48.2 Å². The Bertz CT molecular complexity index is 1660. The third kappa shape index (κ3) is 8.27. The monoisotopic (exact) mass is 627 g/mol. The van der Waals surface area contributed by atoms with Crippen molar-refractivity contribution in [3.05, 3.63) is 88.0 Å². The average molecular weight is 628 g/mol. The van der Waals surface area contributed by atoms with Gasteiger partial charge >= 0.3 is 0 Å². The second-order valence-electron chi connectivity index (χ2n) is 11.9. The van der Waals surface area contributed by atoms with Crippen LogP contribution < -0.4 is 19.8 Å². The summed E-state index contributed by atoms with van der Waals surface area (Å²) in [4.78, 5) is 35.2. The highest BCUT2D eigenvalue weighted by Gasteiger charge is 2.28. The largest absolute Gasteiger partial charge is 0.495 e. The molecule has 1 aromatic heterocycles. The first-order valence-corrected chi connectivity index (χ1v) is 16.5. The van der Waals surface area contributed by atoms with Crippen molar-refractivity contribution in [1.82, 2.24) is 14.5 Å². The van der Waals surface area contributed by atoms with Crippen molar-refractivity contribution in [3.63, 3.8) is 0 Å². The summed E-state index contributed by atoms with van der Waals surface area (Å²) in [5.41, 5.74) is 3.00. The van der Waals surface area contributed by atoms with E-state index in [0.29, 0.717) is 59.0 Å². The third-order valence-electron chi connectivity index (χ3n) is 8.62. The van der Waals surface area contributed by atoms with Crippen LogP contribution >= 0.6 is 0 Å². The number of benzene rings is 3. The van der Waals surface area contributed by atoms with Crippen LogP contribution in [0.15, 0.2) is 65.5 Å². The molecule has 0 fully saturated rings. The number of fused-ring (bicyclic) bond motifs is 1. The van der Waals surface area contributed by atoms with Crippen LogP contribution in [0.1, 0.15) is 88.2 Å². The lowest BCUT2D eigenvalue weighted by Crippen LogP contribution is -2.38.